The Labute approximate surface area is 197 Å². The number of anilines is 2. The van der Waals surface area contributed by atoms with Gasteiger partial charge in [-0.25, -0.2) is 4.90 Å². The Bertz CT molecular complexity index is 1220. The molecule has 0 bridgehead atoms. The predicted octanol–water partition coefficient (Wildman–Crippen LogP) is 6.51. The number of amides is 2. The zero-order valence-corrected chi connectivity index (χ0v) is 19.7. The molecule has 4 rings (SSSR count). The molecule has 4 nitrogen and oxygen atoms in total. The van der Waals surface area contributed by atoms with E-state index in [0.29, 0.717) is 15.6 Å². The van der Waals surface area contributed by atoms with E-state index in [4.69, 9.17) is 11.6 Å². The molecule has 2 amide bonds. The Morgan fingerprint density at radius 1 is 0.906 bits per heavy atom. The molecule has 1 aliphatic heterocycles. The molecule has 0 aromatic heterocycles. The summed E-state index contributed by atoms with van der Waals surface area (Å²) in [6.45, 7) is 5.98. The molecule has 0 saturated heterocycles. The first-order valence-corrected chi connectivity index (χ1v) is 11.6. The van der Waals surface area contributed by atoms with Crippen molar-refractivity contribution in [3.05, 3.63) is 99.0 Å². The number of nitrogens with zero attached hydrogens (tertiary/aromatic N) is 1. The maximum atomic E-state index is 13.5. The van der Waals surface area contributed by atoms with Crippen LogP contribution in [0.3, 0.4) is 0 Å². The lowest BCUT2D eigenvalue weighted by Gasteiger charge is -2.16. The summed E-state index contributed by atoms with van der Waals surface area (Å²) in [5, 5.41) is 3.82. The summed E-state index contributed by atoms with van der Waals surface area (Å²) >= 11 is 7.38. The first-order chi connectivity index (χ1) is 15.4. The molecule has 0 radical (unpaired) electrons. The van der Waals surface area contributed by atoms with Crippen LogP contribution in [-0.2, 0) is 16.0 Å². The number of nitrogens with one attached hydrogen (secondary N) is 1. The van der Waals surface area contributed by atoms with Gasteiger partial charge in [-0.2, -0.15) is 0 Å². The summed E-state index contributed by atoms with van der Waals surface area (Å²) in [5.41, 5.74) is 4.72. The number of rotatable bonds is 6. The van der Waals surface area contributed by atoms with Gasteiger partial charge in [-0.05, 0) is 73.9 Å². The Morgan fingerprint density at radius 3 is 2.22 bits per heavy atom. The van der Waals surface area contributed by atoms with Crippen LogP contribution >= 0.6 is 23.4 Å². The Hall–Kier alpha value is -3.02. The molecule has 1 aliphatic rings. The molecule has 1 heterocycles. The molecule has 6 heteroatoms. The van der Waals surface area contributed by atoms with Crippen LogP contribution in [0.5, 0.6) is 0 Å². The molecule has 1 N–H and O–H groups in total. The number of imide groups is 1. The zero-order valence-electron chi connectivity index (χ0n) is 18.1. The number of halogens is 1. The van der Waals surface area contributed by atoms with E-state index >= 15 is 0 Å². The number of carbonyl (C=O) groups is 2. The predicted molar refractivity (Wildman–Crippen MR) is 132 cm³/mol. The average molecular weight is 463 g/mol. The van der Waals surface area contributed by atoms with Crippen molar-refractivity contribution in [3.63, 3.8) is 0 Å². The molecular formula is C26H23ClN2O2S. The molecule has 0 unspecified atom stereocenters. The number of thioether (sulfide) groups is 1. The van der Waals surface area contributed by atoms with Crippen LogP contribution < -0.4 is 10.2 Å². The normalized spacial score (nSPS) is 13.8. The van der Waals surface area contributed by atoms with Crippen LogP contribution in [0, 0.1) is 13.8 Å². The quantitative estimate of drug-likeness (QED) is 0.424. The molecule has 32 heavy (non-hydrogen) atoms. The molecule has 0 fully saturated rings. The number of aryl methyl sites for hydroxylation is 3. The van der Waals surface area contributed by atoms with Crippen LogP contribution in [0.4, 0.5) is 11.4 Å². The van der Waals surface area contributed by atoms with Gasteiger partial charge >= 0.3 is 0 Å². The fourth-order valence-electron chi connectivity index (χ4n) is 3.46. The molecule has 0 spiro atoms. The van der Waals surface area contributed by atoms with Gasteiger partial charge in [0.15, 0.2) is 0 Å². The van der Waals surface area contributed by atoms with Crippen molar-refractivity contribution in [1.82, 2.24) is 0 Å². The minimum atomic E-state index is -0.372. The van der Waals surface area contributed by atoms with Crippen molar-refractivity contribution in [2.24, 2.45) is 0 Å². The fraction of sp³-hybridized carbons (Fsp3) is 0.154. The van der Waals surface area contributed by atoms with Gasteiger partial charge in [0.05, 0.1) is 5.69 Å². The van der Waals surface area contributed by atoms with Gasteiger partial charge in [-0.3, -0.25) is 9.59 Å². The Kier molecular flexibility index (Phi) is 6.40. The molecule has 0 aliphatic carbocycles. The summed E-state index contributed by atoms with van der Waals surface area (Å²) in [6, 6.07) is 20.8. The van der Waals surface area contributed by atoms with Gasteiger partial charge in [0.25, 0.3) is 11.8 Å². The highest BCUT2D eigenvalue weighted by molar-refractivity contribution is 8.04. The second-order valence-electron chi connectivity index (χ2n) is 7.67. The second-order valence-corrected chi connectivity index (χ2v) is 9.19. The van der Waals surface area contributed by atoms with E-state index in [0.717, 1.165) is 33.7 Å². The smallest absolute Gasteiger partial charge is 0.283 e. The molecule has 3 aromatic rings. The first kappa shape index (κ1) is 22.2. The zero-order chi connectivity index (χ0) is 22.8. The maximum absolute atomic E-state index is 13.5. The highest BCUT2D eigenvalue weighted by Crippen LogP contribution is 2.38. The maximum Gasteiger partial charge on any atom is 0.283 e. The number of hydrogen-bond donors (Lipinski definition) is 1. The van der Waals surface area contributed by atoms with Crippen LogP contribution in [0.25, 0.3) is 0 Å². The lowest BCUT2D eigenvalue weighted by molar-refractivity contribution is -0.120. The van der Waals surface area contributed by atoms with Crippen molar-refractivity contribution < 1.29 is 9.59 Å². The van der Waals surface area contributed by atoms with E-state index < -0.39 is 0 Å². The lowest BCUT2D eigenvalue weighted by Crippen LogP contribution is -2.32. The summed E-state index contributed by atoms with van der Waals surface area (Å²) in [5.74, 6) is -0.706. The first-order valence-electron chi connectivity index (χ1n) is 10.4. The van der Waals surface area contributed by atoms with E-state index in [2.05, 4.69) is 12.2 Å². The average Bonchev–Trinajstić information content (AvgIpc) is 3.01. The number of carbonyl (C=O) groups excluding carboxylic acids is 2. The van der Waals surface area contributed by atoms with E-state index in [1.165, 1.54) is 16.7 Å². The van der Waals surface area contributed by atoms with Crippen molar-refractivity contribution >= 4 is 46.6 Å². The molecular weight excluding hydrogens is 440 g/mol. The van der Waals surface area contributed by atoms with Crippen LogP contribution in [0.1, 0.15) is 23.6 Å². The van der Waals surface area contributed by atoms with E-state index in [-0.39, 0.29) is 17.5 Å². The highest BCUT2D eigenvalue weighted by atomic mass is 35.5. The topological polar surface area (TPSA) is 49.4 Å². The third-order valence-corrected chi connectivity index (χ3v) is 6.66. The van der Waals surface area contributed by atoms with Crippen LogP contribution in [0.15, 0.2) is 82.2 Å². The van der Waals surface area contributed by atoms with E-state index in [1.807, 2.05) is 74.5 Å². The molecule has 0 saturated carbocycles. The van der Waals surface area contributed by atoms with Crippen molar-refractivity contribution in [2.75, 3.05) is 10.2 Å². The molecule has 0 atom stereocenters. The Morgan fingerprint density at radius 2 is 1.59 bits per heavy atom. The Balaban J connectivity index is 1.74. The van der Waals surface area contributed by atoms with Crippen LogP contribution in [-0.4, -0.2) is 11.8 Å². The third kappa shape index (κ3) is 4.45. The number of hydrogen-bond acceptors (Lipinski definition) is 4. The van der Waals surface area contributed by atoms with Crippen molar-refractivity contribution in [3.8, 4) is 0 Å². The molecule has 3 aromatic carbocycles. The highest BCUT2D eigenvalue weighted by Gasteiger charge is 2.40. The standard InChI is InChI=1S/C26H23ClN2O2S/c1-4-18-7-10-20(11-8-18)29-25(30)23(28-22-14-9-19(27)15-17(22)3)24(26(29)31)32-21-12-5-16(2)6-13-21/h5-15,28H,4H2,1-3H3. The monoisotopic (exact) mass is 462 g/mol. The largest absolute Gasteiger partial charge is 0.350 e. The van der Waals surface area contributed by atoms with Gasteiger partial charge in [-0.15, -0.1) is 0 Å². The minimum absolute atomic E-state index is 0.269. The summed E-state index contributed by atoms with van der Waals surface area (Å²) < 4.78 is 0. The van der Waals surface area contributed by atoms with Gasteiger partial charge in [0, 0.05) is 15.6 Å². The minimum Gasteiger partial charge on any atom is -0.350 e. The van der Waals surface area contributed by atoms with Gasteiger partial charge in [0.2, 0.25) is 0 Å². The molecule has 162 valence electrons. The summed E-state index contributed by atoms with van der Waals surface area (Å²) in [4.78, 5) is 29.4. The summed E-state index contributed by atoms with van der Waals surface area (Å²) in [6.07, 6.45) is 0.887. The van der Waals surface area contributed by atoms with Gasteiger partial charge < -0.3 is 5.32 Å². The van der Waals surface area contributed by atoms with Gasteiger partial charge in [0.1, 0.15) is 10.6 Å². The van der Waals surface area contributed by atoms with Crippen molar-refractivity contribution in [1.29, 1.82) is 0 Å². The fourth-order valence-corrected chi connectivity index (χ4v) is 4.61. The van der Waals surface area contributed by atoms with E-state index in [9.17, 15) is 9.59 Å². The lowest BCUT2D eigenvalue weighted by atomic mass is 10.1. The second kappa shape index (κ2) is 9.23. The van der Waals surface area contributed by atoms with E-state index in [1.54, 1.807) is 6.07 Å². The summed E-state index contributed by atoms with van der Waals surface area (Å²) in [7, 11) is 0. The van der Waals surface area contributed by atoms with Gasteiger partial charge in [-0.1, -0.05) is 60.1 Å². The van der Waals surface area contributed by atoms with Crippen molar-refractivity contribution in [2.45, 2.75) is 32.1 Å². The number of benzene rings is 3. The third-order valence-electron chi connectivity index (χ3n) is 5.33. The SMILES string of the molecule is CCc1ccc(N2C(=O)C(Nc3ccc(Cl)cc3C)=C(Sc3ccc(C)cc3)C2=O)cc1. The van der Waals surface area contributed by atoms with Crippen LogP contribution in [0.2, 0.25) is 5.02 Å².